The summed E-state index contributed by atoms with van der Waals surface area (Å²) in [5.74, 6) is 0.792. The second kappa shape index (κ2) is 9.18. The number of carbonyl (C=O) groups excluding carboxylic acids is 1. The molecule has 1 amide bonds. The van der Waals surface area contributed by atoms with Crippen LogP contribution >= 0.6 is 11.3 Å². The fourth-order valence-electron chi connectivity index (χ4n) is 4.60. The molecule has 2 aromatic heterocycles. The highest BCUT2D eigenvalue weighted by molar-refractivity contribution is 7.89. The van der Waals surface area contributed by atoms with Crippen molar-refractivity contribution in [2.75, 3.05) is 18.4 Å². The first-order valence-electron chi connectivity index (χ1n) is 11.5. The zero-order chi connectivity index (χ0) is 24.7. The number of nitrogens with one attached hydrogen (secondary N) is 1. The number of aryl methyl sites for hydroxylation is 1. The van der Waals surface area contributed by atoms with Gasteiger partial charge in [0.15, 0.2) is 0 Å². The molecule has 10 heteroatoms. The number of anilines is 1. The largest absolute Gasteiger partial charge is 0.306 e. The first-order chi connectivity index (χ1) is 16.7. The number of rotatable bonds is 5. The van der Waals surface area contributed by atoms with Gasteiger partial charge in [-0.15, -0.1) is 0 Å². The van der Waals surface area contributed by atoms with Crippen LogP contribution in [0.5, 0.6) is 0 Å². The number of thiazole rings is 1. The van der Waals surface area contributed by atoms with Crippen LogP contribution in [0.15, 0.2) is 59.5 Å². The summed E-state index contributed by atoms with van der Waals surface area (Å²) in [6, 6.07) is 15.7. The van der Waals surface area contributed by atoms with Gasteiger partial charge in [0.25, 0.3) is 5.91 Å². The molecule has 1 N–H and O–H groups in total. The molecule has 0 bridgehead atoms. The summed E-state index contributed by atoms with van der Waals surface area (Å²) in [6.45, 7) is 7.04. The fraction of sp³-hybridized carbons (Fsp3) is 0.320. The van der Waals surface area contributed by atoms with Crippen molar-refractivity contribution < 1.29 is 13.2 Å². The first-order valence-corrected chi connectivity index (χ1v) is 13.8. The van der Waals surface area contributed by atoms with E-state index in [4.69, 9.17) is 0 Å². The minimum absolute atomic E-state index is 0.200. The summed E-state index contributed by atoms with van der Waals surface area (Å²) in [5.41, 5.74) is 1.97. The number of amides is 1. The monoisotopic (exact) mass is 509 g/mol. The van der Waals surface area contributed by atoms with Gasteiger partial charge in [0, 0.05) is 24.7 Å². The number of benzene rings is 2. The number of carbonyl (C=O) groups is 1. The van der Waals surface area contributed by atoms with E-state index in [1.807, 2.05) is 31.2 Å². The smallest absolute Gasteiger partial charge is 0.256 e. The minimum atomic E-state index is -3.60. The van der Waals surface area contributed by atoms with Crippen LogP contribution in [0.1, 0.15) is 36.3 Å². The van der Waals surface area contributed by atoms with E-state index in [1.54, 1.807) is 27.2 Å². The van der Waals surface area contributed by atoms with Gasteiger partial charge < -0.3 is 5.32 Å². The molecule has 0 radical (unpaired) electrons. The van der Waals surface area contributed by atoms with E-state index in [0.29, 0.717) is 41.4 Å². The number of hydrogen-bond donors (Lipinski definition) is 1. The maximum Gasteiger partial charge on any atom is 0.256 e. The highest BCUT2D eigenvalue weighted by Crippen LogP contribution is 2.28. The normalized spacial score (nSPS) is 19.2. The molecular formula is C25H27N5O3S2. The Labute approximate surface area is 208 Å². The van der Waals surface area contributed by atoms with Gasteiger partial charge in [-0.3, -0.25) is 4.79 Å². The molecule has 1 aliphatic heterocycles. The van der Waals surface area contributed by atoms with Crippen molar-refractivity contribution in [3.8, 4) is 5.13 Å². The Bertz CT molecular complexity index is 1450. The molecule has 2 atom stereocenters. The number of fused-ring (bicyclic) bond motifs is 1. The van der Waals surface area contributed by atoms with Crippen LogP contribution in [-0.2, 0) is 10.0 Å². The number of hydrogen-bond acceptors (Lipinski definition) is 6. The van der Waals surface area contributed by atoms with E-state index in [0.717, 1.165) is 22.3 Å². The average molecular weight is 510 g/mol. The van der Waals surface area contributed by atoms with Gasteiger partial charge in [-0.05, 0) is 61.6 Å². The van der Waals surface area contributed by atoms with Crippen LogP contribution in [0.2, 0.25) is 0 Å². The maximum atomic E-state index is 13.1. The van der Waals surface area contributed by atoms with Gasteiger partial charge in [0.1, 0.15) is 5.82 Å². The van der Waals surface area contributed by atoms with Crippen molar-refractivity contribution in [2.45, 2.75) is 32.1 Å². The zero-order valence-corrected chi connectivity index (χ0v) is 21.4. The quantitative estimate of drug-likeness (QED) is 0.420. The molecular weight excluding hydrogens is 482 g/mol. The van der Waals surface area contributed by atoms with Gasteiger partial charge in [0.2, 0.25) is 15.2 Å². The highest BCUT2D eigenvalue weighted by atomic mass is 32.2. The summed E-state index contributed by atoms with van der Waals surface area (Å²) in [5, 5.41) is 8.04. The van der Waals surface area contributed by atoms with Crippen molar-refractivity contribution >= 4 is 43.3 Å². The molecule has 4 aromatic rings. The van der Waals surface area contributed by atoms with Gasteiger partial charge in [-0.2, -0.15) is 14.1 Å². The lowest BCUT2D eigenvalue weighted by molar-refractivity contribution is 0.102. The predicted molar refractivity (Wildman–Crippen MR) is 138 cm³/mol. The second-order valence-corrected chi connectivity index (χ2v) is 12.2. The number of nitrogens with zero attached hydrogens (tertiary/aromatic N) is 4. The third-order valence-electron chi connectivity index (χ3n) is 6.13. The fourth-order valence-corrected chi connectivity index (χ4v) is 7.21. The average Bonchev–Trinajstić information content (AvgIpc) is 3.41. The molecule has 1 saturated heterocycles. The van der Waals surface area contributed by atoms with E-state index < -0.39 is 10.0 Å². The molecule has 1 aliphatic rings. The SMILES string of the molecule is Cc1cc(NC(=O)c2ccc(S(=O)(=O)N3CC(C)CC(C)C3)cc2)n(-c2nc3ccccc3s2)n1. The Morgan fingerprint density at radius 3 is 2.43 bits per heavy atom. The van der Waals surface area contributed by atoms with E-state index in [9.17, 15) is 13.2 Å². The minimum Gasteiger partial charge on any atom is -0.306 e. The molecule has 0 spiro atoms. The molecule has 3 heterocycles. The van der Waals surface area contributed by atoms with E-state index in [1.165, 1.54) is 23.5 Å². The second-order valence-electron chi connectivity index (χ2n) is 9.29. The number of sulfonamides is 1. The summed E-state index contributed by atoms with van der Waals surface area (Å²) >= 11 is 1.49. The van der Waals surface area contributed by atoms with Gasteiger partial charge >= 0.3 is 0 Å². The zero-order valence-electron chi connectivity index (χ0n) is 19.8. The summed E-state index contributed by atoms with van der Waals surface area (Å²) in [4.78, 5) is 17.8. The standard InChI is InChI=1S/C25H27N5O3S2/c1-16-12-17(2)15-29(14-16)35(32,33)20-10-8-19(9-11-20)24(31)27-23-13-18(3)28-30(23)25-26-21-6-4-5-7-22(21)34-25/h4-11,13,16-17H,12,14-15H2,1-3H3,(H,27,31). The Kier molecular flexibility index (Phi) is 6.20. The number of aromatic nitrogens is 3. The number of piperidine rings is 1. The molecule has 2 aromatic carbocycles. The molecule has 0 saturated carbocycles. The Morgan fingerprint density at radius 2 is 1.74 bits per heavy atom. The summed E-state index contributed by atoms with van der Waals surface area (Å²) in [6.07, 6.45) is 1.03. The molecule has 0 aliphatic carbocycles. The topological polar surface area (TPSA) is 97.2 Å². The Balaban J connectivity index is 1.36. The summed E-state index contributed by atoms with van der Waals surface area (Å²) < 4.78 is 30.5. The maximum absolute atomic E-state index is 13.1. The lowest BCUT2D eigenvalue weighted by Gasteiger charge is -2.34. The van der Waals surface area contributed by atoms with Crippen molar-refractivity contribution in [2.24, 2.45) is 11.8 Å². The summed E-state index contributed by atoms with van der Waals surface area (Å²) in [7, 11) is -3.60. The van der Waals surface area contributed by atoms with Crippen LogP contribution in [0, 0.1) is 18.8 Å². The first kappa shape index (κ1) is 23.7. The van der Waals surface area contributed by atoms with Crippen molar-refractivity contribution in [3.05, 3.63) is 65.9 Å². The van der Waals surface area contributed by atoms with E-state index >= 15 is 0 Å². The van der Waals surface area contributed by atoms with Crippen LogP contribution in [0.25, 0.3) is 15.3 Å². The molecule has 5 rings (SSSR count). The highest BCUT2D eigenvalue weighted by Gasteiger charge is 2.31. The van der Waals surface area contributed by atoms with Gasteiger partial charge in [0.05, 0.1) is 20.8 Å². The Hall–Kier alpha value is -3.08. The van der Waals surface area contributed by atoms with Gasteiger partial charge in [-0.25, -0.2) is 13.4 Å². The van der Waals surface area contributed by atoms with Crippen molar-refractivity contribution in [3.63, 3.8) is 0 Å². The third-order valence-corrected chi connectivity index (χ3v) is 8.98. The van der Waals surface area contributed by atoms with E-state index in [2.05, 4.69) is 29.2 Å². The molecule has 182 valence electrons. The van der Waals surface area contributed by atoms with Crippen LogP contribution < -0.4 is 5.32 Å². The van der Waals surface area contributed by atoms with Crippen molar-refractivity contribution in [1.82, 2.24) is 19.1 Å². The van der Waals surface area contributed by atoms with Gasteiger partial charge in [-0.1, -0.05) is 37.3 Å². The van der Waals surface area contributed by atoms with Crippen LogP contribution in [0.3, 0.4) is 0 Å². The van der Waals surface area contributed by atoms with Crippen LogP contribution in [0.4, 0.5) is 5.82 Å². The Morgan fingerprint density at radius 1 is 1.06 bits per heavy atom. The molecule has 1 fully saturated rings. The lowest BCUT2D eigenvalue weighted by atomic mass is 9.94. The van der Waals surface area contributed by atoms with Crippen molar-refractivity contribution in [1.29, 1.82) is 0 Å². The third kappa shape index (κ3) is 4.73. The predicted octanol–water partition coefficient (Wildman–Crippen LogP) is 4.71. The molecule has 35 heavy (non-hydrogen) atoms. The van der Waals surface area contributed by atoms with E-state index in [-0.39, 0.29) is 10.8 Å². The lowest BCUT2D eigenvalue weighted by Crippen LogP contribution is -2.42. The number of para-hydroxylation sites is 1. The molecule has 2 unspecified atom stereocenters. The molecule has 8 nitrogen and oxygen atoms in total. The van der Waals surface area contributed by atoms with Crippen LogP contribution in [-0.4, -0.2) is 46.5 Å².